The van der Waals surface area contributed by atoms with E-state index in [1.54, 1.807) is 0 Å². The average Bonchev–Trinajstić information content (AvgIpc) is 2.34. The molecule has 1 aromatic heterocycles. The lowest BCUT2D eigenvalue weighted by atomic mass is 9.86. The molecule has 0 spiro atoms. The summed E-state index contributed by atoms with van der Waals surface area (Å²) in [4.78, 5) is 36.4. The zero-order chi connectivity index (χ0) is 12.3. The van der Waals surface area contributed by atoms with Crippen molar-refractivity contribution < 1.29 is 4.79 Å². The van der Waals surface area contributed by atoms with Crippen LogP contribution < -0.4 is 11.2 Å². The fourth-order valence-electron chi connectivity index (χ4n) is 2.29. The summed E-state index contributed by atoms with van der Waals surface area (Å²) in [6, 6.07) is 1.26. The van der Waals surface area contributed by atoms with Gasteiger partial charge in [0.2, 0.25) is 0 Å². The standard InChI is InChI=1S/C12H16N2O3/c15-10(9-4-2-1-3-5-9)8-14-7-6-11(16)13-12(14)17/h6-7,9H,1-5,8H2,(H,13,16,17). The number of hydrogen-bond acceptors (Lipinski definition) is 3. The predicted octanol–water partition coefficient (Wildman–Crippen LogP) is 0.686. The van der Waals surface area contributed by atoms with E-state index in [2.05, 4.69) is 4.98 Å². The van der Waals surface area contributed by atoms with Gasteiger partial charge in [-0.3, -0.25) is 19.1 Å². The van der Waals surface area contributed by atoms with E-state index in [0.717, 1.165) is 25.7 Å². The first kappa shape index (κ1) is 11.8. The molecular formula is C12H16N2O3. The van der Waals surface area contributed by atoms with Gasteiger partial charge < -0.3 is 0 Å². The third-order valence-electron chi connectivity index (χ3n) is 3.28. The van der Waals surface area contributed by atoms with Crippen molar-refractivity contribution in [3.8, 4) is 0 Å². The Labute approximate surface area is 98.5 Å². The highest BCUT2D eigenvalue weighted by Crippen LogP contribution is 2.24. The monoisotopic (exact) mass is 236 g/mol. The van der Waals surface area contributed by atoms with Gasteiger partial charge in [0, 0.05) is 18.2 Å². The Morgan fingerprint density at radius 3 is 2.65 bits per heavy atom. The zero-order valence-electron chi connectivity index (χ0n) is 9.65. The molecule has 0 unspecified atom stereocenters. The second-order valence-corrected chi connectivity index (χ2v) is 4.54. The number of ketones is 1. The predicted molar refractivity (Wildman–Crippen MR) is 62.9 cm³/mol. The van der Waals surface area contributed by atoms with Crippen molar-refractivity contribution in [3.63, 3.8) is 0 Å². The van der Waals surface area contributed by atoms with Crippen LogP contribution in [0.1, 0.15) is 32.1 Å². The molecule has 0 bridgehead atoms. The third-order valence-corrected chi connectivity index (χ3v) is 3.28. The van der Waals surface area contributed by atoms with Crippen LogP contribution in [0.25, 0.3) is 0 Å². The number of nitrogens with zero attached hydrogens (tertiary/aromatic N) is 1. The molecule has 0 radical (unpaired) electrons. The van der Waals surface area contributed by atoms with Crippen LogP contribution in [0.3, 0.4) is 0 Å². The minimum Gasteiger partial charge on any atom is -0.297 e. The number of carbonyl (C=O) groups excluding carboxylic acids is 1. The molecular weight excluding hydrogens is 220 g/mol. The number of aromatic amines is 1. The lowest BCUT2D eigenvalue weighted by Crippen LogP contribution is -2.33. The molecule has 92 valence electrons. The minimum absolute atomic E-state index is 0.0697. The van der Waals surface area contributed by atoms with Gasteiger partial charge >= 0.3 is 5.69 Å². The van der Waals surface area contributed by atoms with E-state index >= 15 is 0 Å². The highest BCUT2D eigenvalue weighted by molar-refractivity contribution is 5.80. The van der Waals surface area contributed by atoms with Gasteiger partial charge in [-0.1, -0.05) is 19.3 Å². The summed E-state index contributed by atoms with van der Waals surface area (Å²) in [5.41, 5.74) is -0.946. The fourth-order valence-corrected chi connectivity index (χ4v) is 2.29. The molecule has 2 rings (SSSR count). The maximum atomic E-state index is 12.0. The molecule has 0 atom stereocenters. The van der Waals surface area contributed by atoms with Crippen LogP contribution >= 0.6 is 0 Å². The van der Waals surface area contributed by atoms with Gasteiger partial charge in [-0.2, -0.15) is 0 Å². The molecule has 0 saturated heterocycles. The van der Waals surface area contributed by atoms with Crippen LogP contribution in [0.5, 0.6) is 0 Å². The number of H-pyrrole nitrogens is 1. The van der Waals surface area contributed by atoms with Crippen LogP contribution in [-0.2, 0) is 11.3 Å². The molecule has 5 nitrogen and oxygen atoms in total. The van der Waals surface area contributed by atoms with E-state index in [1.165, 1.54) is 23.3 Å². The average molecular weight is 236 g/mol. The molecule has 1 N–H and O–H groups in total. The van der Waals surface area contributed by atoms with Crippen LogP contribution in [0, 0.1) is 5.92 Å². The molecule has 1 aromatic rings. The summed E-state index contributed by atoms with van der Waals surface area (Å²) in [7, 11) is 0. The van der Waals surface area contributed by atoms with Gasteiger partial charge in [0.25, 0.3) is 5.56 Å². The first-order valence-electron chi connectivity index (χ1n) is 5.99. The summed E-state index contributed by atoms with van der Waals surface area (Å²) in [6.07, 6.45) is 6.62. The van der Waals surface area contributed by atoms with Gasteiger partial charge in [-0.25, -0.2) is 4.79 Å². The van der Waals surface area contributed by atoms with Crippen molar-refractivity contribution in [2.75, 3.05) is 0 Å². The van der Waals surface area contributed by atoms with E-state index in [1.807, 2.05) is 0 Å². The lowest BCUT2D eigenvalue weighted by Gasteiger charge is -2.20. The van der Waals surface area contributed by atoms with Gasteiger partial charge in [0.1, 0.15) is 0 Å². The lowest BCUT2D eigenvalue weighted by molar-refractivity contribution is -0.124. The molecule has 0 aliphatic heterocycles. The molecule has 1 fully saturated rings. The summed E-state index contributed by atoms with van der Waals surface area (Å²) >= 11 is 0. The largest absolute Gasteiger partial charge is 0.328 e. The Morgan fingerprint density at radius 2 is 2.00 bits per heavy atom. The van der Waals surface area contributed by atoms with Crippen LogP contribution in [0.2, 0.25) is 0 Å². The van der Waals surface area contributed by atoms with Crippen molar-refractivity contribution in [2.45, 2.75) is 38.6 Å². The van der Waals surface area contributed by atoms with E-state index in [4.69, 9.17) is 0 Å². The first-order chi connectivity index (χ1) is 8.16. The maximum Gasteiger partial charge on any atom is 0.328 e. The van der Waals surface area contributed by atoms with E-state index in [9.17, 15) is 14.4 Å². The van der Waals surface area contributed by atoms with E-state index in [-0.39, 0.29) is 18.2 Å². The summed E-state index contributed by atoms with van der Waals surface area (Å²) in [6.45, 7) is 0.0697. The summed E-state index contributed by atoms with van der Waals surface area (Å²) in [5.74, 6) is 0.182. The van der Waals surface area contributed by atoms with Crippen LogP contribution in [0.4, 0.5) is 0 Å². The molecule has 0 amide bonds. The van der Waals surface area contributed by atoms with Crippen molar-refractivity contribution in [2.24, 2.45) is 5.92 Å². The first-order valence-corrected chi connectivity index (χ1v) is 5.99. The number of Topliss-reactive ketones (excluding diaryl/α,β-unsaturated/α-hetero) is 1. The van der Waals surface area contributed by atoms with Crippen LogP contribution in [0.15, 0.2) is 21.9 Å². The summed E-state index contributed by atoms with van der Waals surface area (Å²) < 4.78 is 1.26. The number of nitrogens with one attached hydrogen (secondary N) is 1. The fraction of sp³-hybridized carbons (Fsp3) is 0.583. The molecule has 5 heteroatoms. The number of rotatable bonds is 3. The van der Waals surface area contributed by atoms with Gasteiger partial charge in [-0.05, 0) is 12.8 Å². The van der Waals surface area contributed by atoms with E-state index < -0.39 is 11.2 Å². The Kier molecular flexibility index (Phi) is 3.56. The molecule has 1 aliphatic carbocycles. The number of aromatic nitrogens is 2. The molecule has 1 aliphatic rings. The Morgan fingerprint density at radius 1 is 1.29 bits per heavy atom. The number of hydrogen-bond donors (Lipinski definition) is 1. The molecule has 0 aromatic carbocycles. The quantitative estimate of drug-likeness (QED) is 0.839. The highest BCUT2D eigenvalue weighted by atomic mass is 16.2. The Hall–Kier alpha value is -1.65. The molecule has 17 heavy (non-hydrogen) atoms. The minimum atomic E-state index is -0.512. The van der Waals surface area contributed by atoms with E-state index in [0.29, 0.717) is 0 Å². The second kappa shape index (κ2) is 5.12. The highest BCUT2D eigenvalue weighted by Gasteiger charge is 2.21. The van der Waals surface area contributed by atoms with Crippen LogP contribution in [-0.4, -0.2) is 15.3 Å². The van der Waals surface area contributed by atoms with Gasteiger partial charge in [-0.15, -0.1) is 0 Å². The number of carbonyl (C=O) groups is 1. The smallest absolute Gasteiger partial charge is 0.297 e. The molecule has 1 saturated carbocycles. The van der Waals surface area contributed by atoms with Gasteiger partial charge in [0.05, 0.1) is 6.54 Å². The SMILES string of the molecule is O=C(Cn1ccc(=O)[nH]c1=O)C1CCCCC1. The zero-order valence-corrected chi connectivity index (χ0v) is 9.65. The van der Waals surface area contributed by atoms with Crippen molar-refractivity contribution in [3.05, 3.63) is 33.1 Å². The summed E-state index contributed by atoms with van der Waals surface area (Å²) in [5, 5.41) is 0. The van der Waals surface area contributed by atoms with Crippen molar-refractivity contribution in [1.82, 2.24) is 9.55 Å². The normalized spacial score (nSPS) is 16.9. The van der Waals surface area contributed by atoms with Gasteiger partial charge in [0.15, 0.2) is 5.78 Å². The third kappa shape index (κ3) is 2.93. The second-order valence-electron chi connectivity index (χ2n) is 4.54. The Balaban J connectivity index is 2.07. The maximum absolute atomic E-state index is 12.0. The Bertz CT molecular complexity index is 509. The van der Waals surface area contributed by atoms with Crippen molar-refractivity contribution in [1.29, 1.82) is 0 Å². The van der Waals surface area contributed by atoms with Crippen molar-refractivity contribution >= 4 is 5.78 Å². The topological polar surface area (TPSA) is 71.9 Å². The molecule has 1 heterocycles.